The standard InChI is InChI=1S/C30H35Cl2N3O6S/c1-20(2)17-33-30(37)21(3)34(18-24-25(31)12-9-13-26(24)32)29(36)19-35(22-10-7-6-8-11-22)42(38,39)23-14-15-27(40-4)28(16-23)41-5/h6-16,20-21H,17-19H2,1-5H3,(H,33,37). The van der Waals surface area contributed by atoms with Gasteiger partial charge in [-0.25, -0.2) is 8.42 Å². The molecule has 226 valence electrons. The summed E-state index contributed by atoms with van der Waals surface area (Å²) in [6.45, 7) is 5.16. The Labute approximate surface area is 257 Å². The Hall–Kier alpha value is -3.47. The zero-order valence-corrected chi connectivity index (χ0v) is 26.5. The molecule has 0 radical (unpaired) electrons. The van der Waals surface area contributed by atoms with Crippen molar-refractivity contribution in [3.8, 4) is 11.5 Å². The molecule has 1 N–H and O–H groups in total. The maximum absolute atomic E-state index is 14.0. The molecule has 9 nitrogen and oxygen atoms in total. The summed E-state index contributed by atoms with van der Waals surface area (Å²) in [6, 6.07) is 16.4. The minimum atomic E-state index is -4.30. The first-order valence-corrected chi connectivity index (χ1v) is 15.4. The Kier molecular flexibility index (Phi) is 11.5. The predicted molar refractivity (Wildman–Crippen MR) is 165 cm³/mol. The van der Waals surface area contributed by atoms with Crippen LogP contribution >= 0.6 is 23.2 Å². The molecule has 42 heavy (non-hydrogen) atoms. The molecule has 0 spiro atoms. The van der Waals surface area contributed by atoms with Gasteiger partial charge in [-0.3, -0.25) is 13.9 Å². The quantitative estimate of drug-likeness (QED) is 0.270. The van der Waals surface area contributed by atoms with Crippen LogP contribution in [0.25, 0.3) is 0 Å². The van der Waals surface area contributed by atoms with E-state index >= 15 is 0 Å². The van der Waals surface area contributed by atoms with Gasteiger partial charge in [-0.2, -0.15) is 0 Å². The minimum Gasteiger partial charge on any atom is -0.493 e. The van der Waals surface area contributed by atoms with Crippen LogP contribution in [0.15, 0.2) is 71.6 Å². The molecule has 1 atom stereocenters. The van der Waals surface area contributed by atoms with Crippen molar-refractivity contribution in [1.29, 1.82) is 0 Å². The van der Waals surface area contributed by atoms with E-state index in [-0.39, 0.29) is 28.8 Å². The number of nitrogens with zero attached hydrogens (tertiary/aromatic N) is 2. The molecule has 0 bridgehead atoms. The summed E-state index contributed by atoms with van der Waals surface area (Å²) in [4.78, 5) is 28.3. The molecule has 0 aliphatic carbocycles. The number of para-hydroxylation sites is 1. The van der Waals surface area contributed by atoms with E-state index in [2.05, 4.69) is 5.32 Å². The van der Waals surface area contributed by atoms with Gasteiger partial charge >= 0.3 is 0 Å². The highest BCUT2D eigenvalue weighted by atomic mass is 35.5. The predicted octanol–water partition coefficient (Wildman–Crippen LogP) is 5.40. The second-order valence-electron chi connectivity index (χ2n) is 9.90. The van der Waals surface area contributed by atoms with Crippen LogP contribution in [0.5, 0.6) is 11.5 Å². The maximum Gasteiger partial charge on any atom is 0.264 e. The van der Waals surface area contributed by atoms with Crippen LogP contribution in [0.3, 0.4) is 0 Å². The normalized spacial score (nSPS) is 12.0. The minimum absolute atomic E-state index is 0.111. The summed E-state index contributed by atoms with van der Waals surface area (Å²) < 4.78 is 39.6. The molecule has 0 aliphatic heterocycles. The number of hydrogen-bond acceptors (Lipinski definition) is 6. The maximum atomic E-state index is 14.0. The summed E-state index contributed by atoms with van der Waals surface area (Å²) >= 11 is 12.8. The van der Waals surface area contributed by atoms with Crippen molar-refractivity contribution in [3.05, 3.63) is 82.3 Å². The van der Waals surface area contributed by atoms with E-state index in [1.165, 1.54) is 37.3 Å². The number of halogens is 2. The highest BCUT2D eigenvalue weighted by Crippen LogP contribution is 2.33. The van der Waals surface area contributed by atoms with E-state index in [1.54, 1.807) is 55.5 Å². The molecule has 3 aromatic rings. The van der Waals surface area contributed by atoms with Gasteiger partial charge in [0.05, 0.1) is 24.8 Å². The van der Waals surface area contributed by atoms with Gasteiger partial charge in [-0.05, 0) is 49.2 Å². The van der Waals surface area contributed by atoms with Crippen LogP contribution < -0.4 is 19.1 Å². The third kappa shape index (κ3) is 7.87. The number of ether oxygens (including phenoxy) is 2. The second-order valence-corrected chi connectivity index (χ2v) is 12.6. The molecule has 1 unspecified atom stereocenters. The van der Waals surface area contributed by atoms with Crippen molar-refractivity contribution < 1.29 is 27.5 Å². The highest BCUT2D eigenvalue weighted by Gasteiger charge is 2.33. The number of anilines is 1. The number of benzene rings is 3. The Morgan fingerprint density at radius 2 is 1.50 bits per heavy atom. The Morgan fingerprint density at radius 3 is 2.07 bits per heavy atom. The summed E-state index contributed by atoms with van der Waals surface area (Å²) in [5, 5.41) is 3.47. The van der Waals surface area contributed by atoms with E-state index in [9.17, 15) is 18.0 Å². The van der Waals surface area contributed by atoms with E-state index in [4.69, 9.17) is 32.7 Å². The lowest BCUT2D eigenvalue weighted by molar-refractivity contribution is -0.139. The molecular weight excluding hydrogens is 601 g/mol. The Morgan fingerprint density at radius 1 is 0.881 bits per heavy atom. The van der Waals surface area contributed by atoms with Gasteiger partial charge < -0.3 is 19.7 Å². The lowest BCUT2D eigenvalue weighted by atomic mass is 10.1. The molecular formula is C30H35Cl2N3O6S. The monoisotopic (exact) mass is 635 g/mol. The van der Waals surface area contributed by atoms with E-state index in [0.29, 0.717) is 27.9 Å². The molecule has 3 aromatic carbocycles. The largest absolute Gasteiger partial charge is 0.493 e. The number of hydrogen-bond donors (Lipinski definition) is 1. The molecule has 0 saturated heterocycles. The fourth-order valence-corrected chi connectivity index (χ4v) is 6.06. The van der Waals surface area contributed by atoms with Crippen LogP contribution in [0.2, 0.25) is 10.0 Å². The number of carbonyl (C=O) groups excluding carboxylic acids is 2. The average Bonchev–Trinajstić information content (AvgIpc) is 2.97. The number of sulfonamides is 1. The van der Waals surface area contributed by atoms with Crippen molar-refractivity contribution in [1.82, 2.24) is 10.2 Å². The van der Waals surface area contributed by atoms with Crippen LogP contribution in [0.1, 0.15) is 26.3 Å². The summed E-state index contributed by atoms with van der Waals surface area (Å²) in [5.41, 5.74) is 0.694. The average molecular weight is 637 g/mol. The first-order valence-electron chi connectivity index (χ1n) is 13.2. The topological polar surface area (TPSA) is 105 Å². The Bertz CT molecular complexity index is 1480. The van der Waals surface area contributed by atoms with Crippen LogP contribution in [0.4, 0.5) is 5.69 Å². The van der Waals surface area contributed by atoms with Crippen molar-refractivity contribution in [2.45, 2.75) is 38.3 Å². The van der Waals surface area contributed by atoms with Crippen molar-refractivity contribution in [3.63, 3.8) is 0 Å². The van der Waals surface area contributed by atoms with Crippen molar-refractivity contribution in [2.24, 2.45) is 5.92 Å². The van der Waals surface area contributed by atoms with Gasteiger partial charge in [0.1, 0.15) is 12.6 Å². The molecule has 0 aliphatic rings. The zero-order chi connectivity index (χ0) is 31.0. The second kappa shape index (κ2) is 14.6. The van der Waals surface area contributed by atoms with E-state index in [0.717, 1.165) is 4.31 Å². The highest BCUT2D eigenvalue weighted by molar-refractivity contribution is 7.92. The fourth-order valence-electron chi connectivity index (χ4n) is 4.12. The van der Waals surface area contributed by atoms with Gasteiger partial charge in [0, 0.05) is 34.8 Å². The SMILES string of the molecule is COc1ccc(S(=O)(=O)N(CC(=O)N(Cc2c(Cl)cccc2Cl)C(C)C(=O)NCC(C)C)c2ccccc2)cc1OC. The summed E-state index contributed by atoms with van der Waals surface area (Å²) in [6.07, 6.45) is 0. The third-order valence-corrected chi connectivity index (χ3v) is 8.99. The van der Waals surface area contributed by atoms with E-state index < -0.39 is 34.4 Å². The van der Waals surface area contributed by atoms with Crippen LogP contribution in [-0.2, 0) is 26.2 Å². The van der Waals surface area contributed by atoms with Gasteiger partial charge in [0.15, 0.2) is 11.5 Å². The lowest BCUT2D eigenvalue weighted by Crippen LogP contribution is -2.51. The summed E-state index contributed by atoms with van der Waals surface area (Å²) in [7, 11) is -1.46. The first-order chi connectivity index (χ1) is 19.9. The van der Waals surface area contributed by atoms with Gasteiger partial charge in [0.2, 0.25) is 11.8 Å². The number of rotatable bonds is 13. The van der Waals surface area contributed by atoms with E-state index in [1.807, 2.05) is 13.8 Å². The first kappa shape index (κ1) is 33.0. The fraction of sp³-hybridized carbons (Fsp3) is 0.333. The van der Waals surface area contributed by atoms with Gasteiger partial charge in [-0.1, -0.05) is 61.3 Å². The lowest BCUT2D eigenvalue weighted by Gasteiger charge is -2.32. The smallest absolute Gasteiger partial charge is 0.264 e. The van der Waals surface area contributed by atoms with Gasteiger partial charge in [0.25, 0.3) is 10.0 Å². The van der Waals surface area contributed by atoms with Crippen LogP contribution in [-0.4, -0.2) is 58.5 Å². The number of methoxy groups -OCH3 is 2. The van der Waals surface area contributed by atoms with Crippen molar-refractivity contribution in [2.75, 3.05) is 31.6 Å². The third-order valence-electron chi connectivity index (χ3n) is 6.51. The van der Waals surface area contributed by atoms with Crippen molar-refractivity contribution >= 4 is 50.7 Å². The summed E-state index contributed by atoms with van der Waals surface area (Å²) in [5.74, 6) is -0.282. The molecule has 12 heteroatoms. The number of nitrogens with one attached hydrogen (secondary N) is 1. The zero-order valence-electron chi connectivity index (χ0n) is 24.1. The number of amides is 2. The Balaban J connectivity index is 2.06. The molecule has 0 saturated carbocycles. The van der Waals surface area contributed by atoms with Gasteiger partial charge in [-0.15, -0.1) is 0 Å². The molecule has 0 aromatic heterocycles. The molecule has 0 fully saturated rings. The number of carbonyl (C=O) groups is 2. The molecule has 2 amide bonds. The molecule has 0 heterocycles. The van der Waals surface area contributed by atoms with Crippen LogP contribution in [0, 0.1) is 5.92 Å². The molecule has 3 rings (SSSR count).